The first-order valence-electron chi connectivity index (χ1n) is 8.32. The predicted octanol–water partition coefficient (Wildman–Crippen LogP) is 5.12. The van der Waals surface area contributed by atoms with E-state index in [-0.39, 0.29) is 10.8 Å². The van der Waals surface area contributed by atoms with Crippen LogP contribution in [-0.4, -0.2) is 21.4 Å². The molecule has 0 unspecified atom stereocenters. The molecule has 3 aromatic carbocycles. The third kappa shape index (κ3) is 5.49. The summed E-state index contributed by atoms with van der Waals surface area (Å²) >= 11 is 5.49. The Morgan fingerprint density at radius 2 is 1.59 bits per heavy atom. The van der Waals surface area contributed by atoms with Crippen molar-refractivity contribution in [1.82, 2.24) is 0 Å². The molecule has 0 spiro atoms. The van der Waals surface area contributed by atoms with E-state index in [0.29, 0.717) is 27.2 Å². The quantitative estimate of drug-likeness (QED) is 0.393. The van der Waals surface area contributed by atoms with Crippen LogP contribution in [0.5, 0.6) is 5.75 Å². The predicted molar refractivity (Wildman–Crippen MR) is 125 cm³/mol. The first-order chi connectivity index (χ1) is 13.8. The van der Waals surface area contributed by atoms with E-state index < -0.39 is 10.0 Å². The van der Waals surface area contributed by atoms with Gasteiger partial charge in [-0.15, -0.1) is 0 Å². The third-order valence-corrected chi connectivity index (χ3v) is 6.67. The standard InChI is InChI=1S/C20H16BrIN2O4S/c1-28-19-11-2-13(12-18(19)21)20(25)23-15-7-9-17(10-8-15)29(26,27)24-16-5-3-14(22)4-6-16/h2-12,24H,1H3,(H,23,25). The van der Waals surface area contributed by atoms with Crippen molar-refractivity contribution < 1.29 is 17.9 Å². The van der Waals surface area contributed by atoms with E-state index in [9.17, 15) is 13.2 Å². The van der Waals surface area contributed by atoms with E-state index in [1.165, 1.54) is 12.1 Å². The summed E-state index contributed by atoms with van der Waals surface area (Å²) in [5, 5.41) is 2.74. The molecule has 0 atom stereocenters. The molecule has 150 valence electrons. The first-order valence-corrected chi connectivity index (χ1v) is 11.7. The monoisotopic (exact) mass is 586 g/mol. The van der Waals surface area contributed by atoms with Crippen molar-refractivity contribution in [1.29, 1.82) is 0 Å². The Morgan fingerprint density at radius 1 is 0.966 bits per heavy atom. The molecule has 0 aliphatic rings. The van der Waals surface area contributed by atoms with Crippen LogP contribution in [0, 0.1) is 3.57 Å². The Labute approximate surface area is 191 Å². The highest BCUT2D eigenvalue weighted by atomic mass is 127. The molecule has 6 nitrogen and oxygen atoms in total. The summed E-state index contributed by atoms with van der Waals surface area (Å²) in [6, 6.07) is 18.0. The number of sulfonamides is 1. The lowest BCUT2D eigenvalue weighted by atomic mass is 10.2. The van der Waals surface area contributed by atoms with Gasteiger partial charge >= 0.3 is 0 Å². The molecule has 9 heteroatoms. The number of ether oxygens (including phenoxy) is 1. The number of halogens is 2. The number of anilines is 2. The summed E-state index contributed by atoms with van der Waals surface area (Å²) in [7, 11) is -2.18. The molecule has 29 heavy (non-hydrogen) atoms. The van der Waals surface area contributed by atoms with Crippen LogP contribution < -0.4 is 14.8 Å². The van der Waals surface area contributed by atoms with Gasteiger partial charge in [-0.25, -0.2) is 8.42 Å². The van der Waals surface area contributed by atoms with Crippen molar-refractivity contribution in [2.75, 3.05) is 17.1 Å². The molecular weight excluding hydrogens is 571 g/mol. The minimum atomic E-state index is -3.72. The molecule has 0 aliphatic carbocycles. The second kappa shape index (κ2) is 9.14. The minimum Gasteiger partial charge on any atom is -0.496 e. The highest BCUT2D eigenvalue weighted by Crippen LogP contribution is 2.26. The molecular formula is C20H16BrIN2O4S. The van der Waals surface area contributed by atoms with Gasteiger partial charge in [-0.3, -0.25) is 9.52 Å². The summed E-state index contributed by atoms with van der Waals surface area (Å²) in [6.45, 7) is 0. The SMILES string of the molecule is COc1ccc(C(=O)Nc2ccc(S(=O)(=O)Nc3ccc(I)cc3)cc2)cc1Br. The molecule has 0 aliphatic heterocycles. The highest BCUT2D eigenvalue weighted by molar-refractivity contribution is 14.1. The molecule has 0 heterocycles. The van der Waals surface area contributed by atoms with Crippen LogP contribution in [0.15, 0.2) is 76.1 Å². The van der Waals surface area contributed by atoms with Crippen molar-refractivity contribution >= 4 is 65.8 Å². The van der Waals surface area contributed by atoms with Crippen LogP contribution in [0.2, 0.25) is 0 Å². The Bertz CT molecular complexity index is 1130. The Morgan fingerprint density at radius 3 is 2.17 bits per heavy atom. The van der Waals surface area contributed by atoms with Crippen molar-refractivity contribution in [2.45, 2.75) is 4.90 Å². The molecule has 0 saturated carbocycles. The van der Waals surface area contributed by atoms with Crippen LogP contribution in [-0.2, 0) is 10.0 Å². The number of amides is 1. The van der Waals surface area contributed by atoms with Crippen molar-refractivity contribution in [3.63, 3.8) is 0 Å². The van der Waals surface area contributed by atoms with E-state index in [0.717, 1.165) is 3.57 Å². The molecule has 0 aromatic heterocycles. The number of carbonyl (C=O) groups is 1. The van der Waals surface area contributed by atoms with Crippen LogP contribution in [0.4, 0.5) is 11.4 Å². The molecule has 1 amide bonds. The number of hydrogen-bond donors (Lipinski definition) is 2. The average Bonchev–Trinajstić information content (AvgIpc) is 2.70. The summed E-state index contributed by atoms with van der Waals surface area (Å²) in [4.78, 5) is 12.5. The topological polar surface area (TPSA) is 84.5 Å². The Hall–Kier alpha value is -2.11. The van der Waals surface area contributed by atoms with Crippen molar-refractivity contribution in [3.05, 3.63) is 80.3 Å². The fraction of sp³-hybridized carbons (Fsp3) is 0.0500. The maximum atomic E-state index is 12.5. The largest absolute Gasteiger partial charge is 0.496 e. The lowest BCUT2D eigenvalue weighted by molar-refractivity contribution is 0.102. The third-order valence-electron chi connectivity index (χ3n) is 3.93. The van der Waals surface area contributed by atoms with Gasteiger partial charge in [0.15, 0.2) is 0 Å². The second-order valence-corrected chi connectivity index (χ2v) is 9.72. The molecule has 0 radical (unpaired) electrons. The van der Waals surface area contributed by atoms with Gasteiger partial charge in [0, 0.05) is 20.5 Å². The summed E-state index contributed by atoms with van der Waals surface area (Å²) in [5.74, 6) is 0.303. The van der Waals surface area contributed by atoms with Gasteiger partial charge < -0.3 is 10.1 Å². The van der Waals surface area contributed by atoms with Gasteiger partial charge in [0.25, 0.3) is 15.9 Å². The number of hydrogen-bond acceptors (Lipinski definition) is 4. The maximum absolute atomic E-state index is 12.5. The van der Waals surface area contributed by atoms with E-state index in [2.05, 4.69) is 48.6 Å². The summed E-state index contributed by atoms with van der Waals surface area (Å²) in [6.07, 6.45) is 0. The van der Waals surface area contributed by atoms with Crippen LogP contribution in [0.25, 0.3) is 0 Å². The number of benzene rings is 3. The number of carbonyl (C=O) groups excluding carboxylic acids is 1. The highest BCUT2D eigenvalue weighted by Gasteiger charge is 2.15. The van der Waals surface area contributed by atoms with E-state index in [1.807, 2.05) is 12.1 Å². The van der Waals surface area contributed by atoms with Gasteiger partial charge in [0.2, 0.25) is 0 Å². The van der Waals surface area contributed by atoms with E-state index in [4.69, 9.17) is 4.74 Å². The number of methoxy groups -OCH3 is 1. The fourth-order valence-corrected chi connectivity index (χ4v) is 4.42. The first kappa shape index (κ1) is 21.6. The van der Waals surface area contributed by atoms with Crippen molar-refractivity contribution in [3.8, 4) is 5.75 Å². The zero-order valence-electron chi connectivity index (χ0n) is 15.1. The van der Waals surface area contributed by atoms with Crippen LogP contribution >= 0.6 is 38.5 Å². The molecule has 0 fully saturated rings. The lowest BCUT2D eigenvalue weighted by Gasteiger charge is -2.10. The second-order valence-electron chi connectivity index (χ2n) is 5.94. The molecule has 3 aromatic rings. The normalized spacial score (nSPS) is 11.0. The van der Waals surface area contributed by atoms with E-state index in [1.54, 1.807) is 49.6 Å². The number of nitrogens with one attached hydrogen (secondary N) is 2. The van der Waals surface area contributed by atoms with Gasteiger partial charge in [0.05, 0.1) is 16.5 Å². The lowest BCUT2D eigenvalue weighted by Crippen LogP contribution is -2.14. The molecule has 3 rings (SSSR count). The van der Waals surface area contributed by atoms with Gasteiger partial charge in [-0.2, -0.15) is 0 Å². The van der Waals surface area contributed by atoms with Gasteiger partial charge in [0.1, 0.15) is 5.75 Å². The summed E-state index contributed by atoms with van der Waals surface area (Å²) < 4.78 is 34.4. The van der Waals surface area contributed by atoms with Crippen molar-refractivity contribution in [2.24, 2.45) is 0 Å². The maximum Gasteiger partial charge on any atom is 0.261 e. The van der Waals surface area contributed by atoms with Gasteiger partial charge in [-0.05, 0) is 105 Å². The van der Waals surface area contributed by atoms with E-state index >= 15 is 0 Å². The minimum absolute atomic E-state index is 0.0984. The Kier molecular flexibility index (Phi) is 6.81. The average molecular weight is 587 g/mol. The fourth-order valence-electron chi connectivity index (χ4n) is 2.46. The molecule has 2 N–H and O–H groups in total. The summed E-state index contributed by atoms with van der Waals surface area (Å²) in [5.41, 5.74) is 1.40. The zero-order chi connectivity index (χ0) is 21.0. The zero-order valence-corrected chi connectivity index (χ0v) is 19.7. The van der Waals surface area contributed by atoms with Crippen LogP contribution in [0.1, 0.15) is 10.4 Å². The smallest absolute Gasteiger partial charge is 0.261 e. The molecule has 0 bridgehead atoms. The number of rotatable bonds is 6. The Balaban J connectivity index is 1.71. The van der Waals surface area contributed by atoms with Gasteiger partial charge in [-0.1, -0.05) is 0 Å². The van der Waals surface area contributed by atoms with Crippen LogP contribution in [0.3, 0.4) is 0 Å². The molecule has 0 saturated heterocycles.